The third kappa shape index (κ3) is 3.95. The second kappa shape index (κ2) is 7.40. The summed E-state index contributed by atoms with van der Waals surface area (Å²) < 4.78 is 33.8. The van der Waals surface area contributed by atoms with E-state index in [2.05, 4.69) is 21.2 Å². The topological polar surface area (TPSA) is 105 Å². The standard InChI is InChI=1S/C19H17BrN2O5S/c1-10-8-12(3)18(17-16(10)11(2)9-15(23)27-17)28(25,26)22-19(24)21-14-6-4-13(20)5-7-14/h4-9H,1-3H3,(H2,21,22,24). The van der Waals surface area contributed by atoms with Gasteiger partial charge in [0.05, 0.1) is 0 Å². The number of carbonyl (C=O) groups is 1. The molecule has 0 aliphatic rings. The molecular weight excluding hydrogens is 448 g/mol. The summed E-state index contributed by atoms with van der Waals surface area (Å²) in [6, 6.07) is 8.70. The predicted molar refractivity (Wildman–Crippen MR) is 110 cm³/mol. The van der Waals surface area contributed by atoms with Crippen molar-refractivity contribution >= 4 is 48.6 Å². The zero-order chi connectivity index (χ0) is 20.6. The van der Waals surface area contributed by atoms with Crippen molar-refractivity contribution in [2.45, 2.75) is 25.7 Å². The number of amides is 2. The average molecular weight is 465 g/mol. The minimum atomic E-state index is -4.30. The van der Waals surface area contributed by atoms with E-state index in [1.807, 2.05) is 4.72 Å². The third-order valence-electron chi connectivity index (χ3n) is 4.15. The monoisotopic (exact) mass is 464 g/mol. The molecule has 146 valence electrons. The van der Waals surface area contributed by atoms with E-state index in [0.29, 0.717) is 22.2 Å². The SMILES string of the molecule is Cc1cc(C)c2c(C)cc(=O)oc2c1S(=O)(=O)NC(=O)Nc1ccc(Br)cc1. The van der Waals surface area contributed by atoms with Gasteiger partial charge in [-0.3, -0.25) is 0 Å². The summed E-state index contributed by atoms with van der Waals surface area (Å²) in [5.74, 6) is 0. The fourth-order valence-corrected chi connectivity index (χ4v) is 4.63. The fourth-order valence-electron chi connectivity index (χ4n) is 3.10. The summed E-state index contributed by atoms with van der Waals surface area (Å²) >= 11 is 3.28. The molecule has 9 heteroatoms. The van der Waals surface area contributed by atoms with E-state index in [1.165, 1.54) is 6.07 Å². The summed E-state index contributed by atoms with van der Waals surface area (Å²) in [5, 5.41) is 2.98. The van der Waals surface area contributed by atoms with Crippen LogP contribution in [0.15, 0.2) is 55.0 Å². The van der Waals surface area contributed by atoms with Gasteiger partial charge in [-0.25, -0.2) is 22.7 Å². The molecule has 1 heterocycles. The highest BCUT2D eigenvalue weighted by Gasteiger charge is 2.26. The molecule has 0 bridgehead atoms. The molecule has 0 radical (unpaired) electrons. The quantitative estimate of drug-likeness (QED) is 0.569. The Kier molecular flexibility index (Phi) is 5.31. The maximum absolute atomic E-state index is 12.9. The number of halogens is 1. The summed E-state index contributed by atoms with van der Waals surface area (Å²) in [5.41, 5.74) is 1.43. The number of fused-ring (bicyclic) bond motifs is 1. The number of rotatable bonds is 3. The minimum absolute atomic E-state index is 0.0635. The van der Waals surface area contributed by atoms with Crippen molar-refractivity contribution in [1.82, 2.24) is 4.72 Å². The molecule has 28 heavy (non-hydrogen) atoms. The lowest BCUT2D eigenvalue weighted by Crippen LogP contribution is -2.35. The van der Waals surface area contributed by atoms with E-state index < -0.39 is 21.7 Å². The first-order chi connectivity index (χ1) is 13.1. The van der Waals surface area contributed by atoms with Crippen molar-refractivity contribution in [2.75, 3.05) is 5.32 Å². The number of aryl methyl sites for hydroxylation is 3. The molecule has 0 fully saturated rings. The van der Waals surface area contributed by atoms with Gasteiger partial charge in [-0.1, -0.05) is 22.0 Å². The molecule has 0 unspecified atom stereocenters. The van der Waals surface area contributed by atoms with Crippen LogP contribution in [0, 0.1) is 20.8 Å². The van der Waals surface area contributed by atoms with Crippen LogP contribution in [-0.4, -0.2) is 14.4 Å². The number of carbonyl (C=O) groups excluding carboxylic acids is 1. The van der Waals surface area contributed by atoms with Crippen molar-refractivity contribution < 1.29 is 17.6 Å². The predicted octanol–water partition coefficient (Wildman–Crippen LogP) is 3.99. The lowest BCUT2D eigenvalue weighted by Gasteiger charge is -2.14. The first-order valence-corrected chi connectivity index (χ1v) is 10.5. The van der Waals surface area contributed by atoms with Gasteiger partial charge in [0.1, 0.15) is 4.90 Å². The molecule has 0 aliphatic heterocycles. The van der Waals surface area contributed by atoms with Crippen LogP contribution >= 0.6 is 15.9 Å². The Balaban J connectivity index is 2.04. The normalized spacial score (nSPS) is 11.4. The molecule has 2 N–H and O–H groups in total. The van der Waals surface area contributed by atoms with Crippen molar-refractivity contribution in [1.29, 1.82) is 0 Å². The van der Waals surface area contributed by atoms with E-state index in [0.717, 1.165) is 10.0 Å². The van der Waals surface area contributed by atoms with Crippen molar-refractivity contribution in [3.8, 4) is 0 Å². The molecule has 0 aliphatic carbocycles. The maximum Gasteiger partial charge on any atom is 0.336 e. The zero-order valence-electron chi connectivity index (χ0n) is 15.3. The van der Waals surface area contributed by atoms with Gasteiger partial charge in [-0.05, 0) is 61.7 Å². The Morgan fingerprint density at radius 3 is 2.25 bits per heavy atom. The fraction of sp³-hybridized carbons (Fsp3) is 0.158. The summed E-state index contributed by atoms with van der Waals surface area (Å²) in [7, 11) is -4.30. The van der Waals surface area contributed by atoms with Crippen LogP contribution < -0.4 is 15.7 Å². The van der Waals surface area contributed by atoms with Crippen LogP contribution in [-0.2, 0) is 10.0 Å². The summed E-state index contributed by atoms with van der Waals surface area (Å²) in [6.07, 6.45) is 0. The Hall–Kier alpha value is -2.65. The number of nitrogens with one attached hydrogen (secondary N) is 2. The smallest absolute Gasteiger partial charge is 0.336 e. The van der Waals surface area contributed by atoms with E-state index in [1.54, 1.807) is 51.1 Å². The first kappa shape index (κ1) is 20.1. The second-order valence-electron chi connectivity index (χ2n) is 6.36. The number of sulfonamides is 1. The number of urea groups is 1. The molecule has 0 saturated carbocycles. The molecule has 3 aromatic rings. The third-order valence-corrected chi connectivity index (χ3v) is 6.18. The molecule has 7 nitrogen and oxygen atoms in total. The van der Waals surface area contributed by atoms with Crippen LogP contribution in [0.2, 0.25) is 0 Å². The van der Waals surface area contributed by atoms with Gasteiger partial charge in [0, 0.05) is 21.6 Å². The van der Waals surface area contributed by atoms with E-state index in [-0.39, 0.29) is 10.5 Å². The molecule has 0 spiro atoms. The Morgan fingerprint density at radius 1 is 1.00 bits per heavy atom. The molecule has 1 aromatic heterocycles. The Bertz CT molecular complexity index is 1250. The summed E-state index contributed by atoms with van der Waals surface area (Å²) in [4.78, 5) is 23.8. The number of anilines is 1. The van der Waals surface area contributed by atoms with Gasteiger partial charge in [0.25, 0.3) is 10.0 Å². The van der Waals surface area contributed by atoms with Gasteiger partial charge in [-0.15, -0.1) is 0 Å². The van der Waals surface area contributed by atoms with Crippen molar-refractivity contribution in [3.05, 3.63) is 68.0 Å². The zero-order valence-corrected chi connectivity index (χ0v) is 17.7. The molecule has 2 amide bonds. The highest BCUT2D eigenvalue weighted by atomic mass is 79.9. The first-order valence-electron chi connectivity index (χ1n) is 8.22. The number of hydrogen-bond acceptors (Lipinski definition) is 5. The van der Waals surface area contributed by atoms with Gasteiger partial charge in [0.15, 0.2) is 5.58 Å². The van der Waals surface area contributed by atoms with Gasteiger partial charge in [-0.2, -0.15) is 0 Å². The lowest BCUT2D eigenvalue weighted by molar-refractivity contribution is 0.256. The second-order valence-corrected chi connectivity index (χ2v) is 8.89. The van der Waals surface area contributed by atoms with E-state index in [9.17, 15) is 18.0 Å². The van der Waals surface area contributed by atoms with Gasteiger partial charge < -0.3 is 9.73 Å². The number of hydrogen-bond donors (Lipinski definition) is 2. The Labute approximate surface area is 169 Å². The van der Waals surface area contributed by atoms with Gasteiger partial charge in [0.2, 0.25) is 0 Å². The highest BCUT2D eigenvalue weighted by Crippen LogP contribution is 2.30. The molecular formula is C19H17BrN2O5S. The molecule has 0 saturated heterocycles. The maximum atomic E-state index is 12.9. The van der Waals surface area contributed by atoms with Crippen molar-refractivity contribution in [3.63, 3.8) is 0 Å². The average Bonchev–Trinajstić information content (AvgIpc) is 2.54. The largest absolute Gasteiger partial charge is 0.421 e. The minimum Gasteiger partial charge on any atom is -0.421 e. The molecule has 2 aromatic carbocycles. The van der Waals surface area contributed by atoms with Gasteiger partial charge >= 0.3 is 11.7 Å². The lowest BCUT2D eigenvalue weighted by atomic mass is 10.0. The molecule has 3 rings (SSSR count). The number of benzene rings is 2. The van der Waals surface area contributed by atoms with Crippen molar-refractivity contribution in [2.24, 2.45) is 0 Å². The van der Waals surface area contributed by atoms with Crippen LogP contribution in [0.3, 0.4) is 0 Å². The van der Waals surface area contributed by atoms with Crippen LogP contribution in [0.1, 0.15) is 16.7 Å². The summed E-state index contributed by atoms with van der Waals surface area (Å²) in [6.45, 7) is 5.08. The van der Waals surface area contributed by atoms with Crippen LogP contribution in [0.5, 0.6) is 0 Å². The molecule has 0 atom stereocenters. The Morgan fingerprint density at radius 2 is 1.61 bits per heavy atom. The van der Waals surface area contributed by atoms with E-state index in [4.69, 9.17) is 4.42 Å². The van der Waals surface area contributed by atoms with Crippen LogP contribution in [0.4, 0.5) is 10.5 Å². The van der Waals surface area contributed by atoms with E-state index >= 15 is 0 Å². The highest BCUT2D eigenvalue weighted by molar-refractivity contribution is 9.10. The van der Waals surface area contributed by atoms with Crippen LogP contribution in [0.25, 0.3) is 11.0 Å².